The zero-order chi connectivity index (χ0) is 18.9. The van der Waals surface area contributed by atoms with E-state index in [0.29, 0.717) is 5.58 Å². The molecule has 0 saturated heterocycles. The summed E-state index contributed by atoms with van der Waals surface area (Å²) in [6, 6.07) is 27.7. The molecule has 5 aromatic rings. The summed E-state index contributed by atoms with van der Waals surface area (Å²) in [6.45, 7) is 0. The topological polar surface area (TPSA) is 54.6 Å². The summed E-state index contributed by atoms with van der Waals surface area (Å²) in [5, 5.41) is 9.41. The average molecular weight is 364 g/mol. The number of carbonyl (C=O) groups excluding carboxylic acids is 1. The number of furan rings is 1. The lowest BCUT2D eigenvalue weighted by molar-refractivity contribution is 0.0929. The Labute approximate surface area is 161 Å². The van der Waals surface area contributed by atoms with Gasteiger partial charge in [0, 0.05) is 10.9 Å². The summed E-state index contributed by atoms with van der Waals surface area (Å²) >= 11 is 0. The molecule has 5 rings (SSSR count). The lowest BCUT2D eigenvalue weighted by atomic mass is 10.1. The maximum atomic E-state index is 12.5. The van der Waals surface area contributed by atoms with Crippen LogP contribution in [0.5, 0.6) is 0 Å². The number of hydrogen-bond donors (Lipinski definition) is 1. The van der Waals surface area contributed by atoms with E-state index in [1.54, 1.807) is 12.3 Å². The highest BCUT2D eigenvalue weighted by molar-refractivity contribution is 6.08. The van der Waals surface area contributed by atoms with E-state index in [2.05, 4.69) is 10.5 Å². The van der Waals surface area contributed by atoms with Gasteiger partial charge < -0.3 is 4.42 Å². The molecular weight excluding hydrogens is 348 g/mol. The van der Waals surface area contributed by atoms with E-state index in [1.807, 2.05) is 78.9 Å². The van der Waals surface area contributed by atoms with E-state index in [0.717, 1.165) is 32.5 Å². The molecule has 0 fully saturated rings. The van der Waals surface area contributed by atoms with Crippen LogP contribution in [-0.4, -0.2) is 12.1 Å². The minimum Gasteiger partial charge on any atom is -0.451 e. The van der Waals surface area contributed by atoms with Crippen molar-refractivity contribution in [3.8, 4) is 0 Å². The second-order valence-corrected chi connectivity index (χ2v) is 6.58. The highest BCUT2D eigenvalue weighted by atomic mass is 16.3. The summed E-state index contributed by atoms with van der Waals surface area (Å²) < 4.78 is 5.73. The van der Waals surface area contributed by atoms with Crippen molar-refractivity contribution >= 4 is 44.6 Å². The van der Waals surface area contributed by atoms with Crippen molar-refractivity contribution in [2.24, 2.45) is 5.10 Å². The van der Waals surface area contributed by atoms with Crippen molar-refractivity contribution in [2.45, 2.75) is 0 Å². The average Bonchev–Trinajstić information content (AvgIpc) is 3.19. The SMILES string of the molecule is O=C(N/N=C/c1cccc2ccccc12)c1cc2c(ccc3ccccc32)o1. The van der Waals surface area contributed by atoms with Gasteiger partial charge in [-0.2, -0.15) is 5.10 Å². The molecule has 4 aromatic carbocycles. The van der Waals surface area contributed by atoms with Crippen LogP contribution in [0.2, 0.25) is 0 Å². The first kappa shape index (κ1) is 16.3. The van der Waals surface area contributed by atoms with Crippen LogP contribution in [0, 0.1) is 0 Å². The van der Waals surface area contributed by atoms with Crippen LogP contribution < -0.4 is 5.43 Å². The molecule has 4 heteroatoms. The molecule has 1 aromatic heterocycles. The molecule has 0 aliphatic carbocycles. The van der Waals surface area contributed by atoms with Gasteiger partial charge in [-0.3, -0.25) is 4.79 Å². The lowest BCUT2D eigenvalue weighted by Crippen LogP contribution is -2.16. The monoisotopic (exact) mass is 364 g/mol. The minimum absolute atomic E-state index is 0.237. The lowest BCUT2D eigenvalue weighted by Gasteiger charge is -2.01. The van der Waals surface area contributed by atoms with E-state index < -0.39 is 0 Å². The Morgan fingerprint density at radius 2 is 1.50 bits per heavy atom. The quantitative estimate of drug-likeness (QED) is 0.339. The number of hydrazone groups is 1. The fourth-order valence-corrected chi connectivity index (χ4v) is 3.48. The van der Waals surface area contributed by atoms with E-state index in [4.69, 9.17) is 4.42 Å². The van der Waals surface area contributed by atoms with Crippen molar-refractivity contribution in [2.75, 3.05) is 0 Å². The van der Waals surface area contributed by atoms with Gasteiger partial charge in [-0.25, -0.2) is 5.43 Å². The van der Waals surface area contributed by atoms with E-state index >= 15 is 0 Å². The Balaban J connectivity index is 1.42. The zero-order valence-corrected chi connectivity index (χ0v) is 14.9. The maximum absolute atomic E-state index is 12.5. The smallest absolute Gasteiger partial charge is 0.307 e. The third-order valence-electron chi connectivity index (χ3n) is 4.84. The molecule has 0 atom stereocenters. The normalized spacial score (nSPS) is 11.6. The highest BCUT2D eigenvalue weighted by Crippen LogP contribution is 2.28. The first-order valence-corrected chi connectivity index (χ1v) is 9.02. The number of amides is 1. The molecule has 0 saturated carbocycles. The Morgan fingerprint density at radius 3 is 2.36 bits per heavy atom. The van der Waals surface area contributed by atoms with E-state index in [1.165, 1.54) is 0 Å². The predicted octanol–water partition coefficient (Wildman–Crippen LogP) is 5.50. The van der Waals surface area contributed by atoms with Crippen LogP contribution in [0.25, 0.3) is 32.5 Å². The van der Waals surface area contributed by atoms with E-state index in [9.17, 15) is 4.79 Å². The molecule has 0 aliphatic heterocycles. The Bertz CT molecular complexity index is 1360. The number of nitrogens with zero attached hydrogens (tertiary/aromatic N) is 1. The number of nitrogens with one attached hydrogen (secondary N) is 1. The summed E-state index contributed by atoms with van der Waals surface area (Å²) in [4.78, 5) is 12.5. The first-order valence-electron chi connectivity index (χ1n) is 9.02. The van der Waals surface area contributed by atoms with Crippen LogP contribution >= 0.6 is 0 Å². The van der Waals surface area contributed by atoms with Gasteiger partial charge in [-0.1, -0.05) is 72.8 Å². The van der Waals surface area contributed by atoms with Crippen LogP contribution in [0.1, 0.15) is 16.1 Å². The number of rotatable bonds is 3. The van der Waals surface area contributed by atoms with Crippen LogP contribution in [0.4, 0.5) is 0 Å². The standard InChI is InChI=1S/C24H16N2O2/c27-24(26-25-15-18-9-5-8-16-6-1-3-10-19(16)18)23-14-21-20-11-4-2-7-17(20)12-13-22(21)28-23/h1-15H,(H,26,27)/b25-15+. The molecule has 4 nitrogen and oxygen atoms in total. The summed E-state index contributed by atoms with van der Waals surface area (Å²) in [5.74, 6) is -0.141. The molecule has 0 spiro atoms. The second kappa shape index (κ2) is 6.67. The minimum atomic E-state index is -0.378. The number of fused-ring (bicyclic) bond motifs is 4. The van der Waals surface area contributed by atoms with Gasteiger partial charge in [-0.05, 0) is 33.7 Å². The van der Waals surface area contributed by atoms with Gasteiger partial charge in [0.25, 0.3) is 0 Å². The van der Waals surface area contributed by atoms with E-state index in [-0.39, 0.29) is 11.7 Å². The first-order chi connectivity index (χ1) is 13.8. The maximum Gasteiger partial charge on any atom is 0.307 e. The second-order valence-electron chi connectivity index (χ2n) is 6.58. The van der Waals surface area contributed by atoms with Crippen molar-refractivity contribution in [1.82, 2.24) is 5.43 Å². The van der Waals surface area contributed by atoms with Crippen LogP contribution in [0.15, 0.2) is 94.4 Å². The summed E-state index contributed by atoms with van der Waals surface area (Å²) in [5.41, 5.74) is 4.18. The van der Waals surface area contributed by atoms with Gasteiger partial charge in [0.05, 0.1) is 6.21 Å². The van der Waals surface area contributed by atoms with Crippen molar-refractivity contribution in [3.05, 3.63) is 96.3 Å². The predicted molar refractivity (Wildman–Crippen MR) is 113 cm³/mol. The van der Waals surface area contributed by atoms with Crippen LogP contribution in [-0.2, 0) is 0 Å². The van der Waals surface area contributed by atoms with Gasteiger partial charge in [0.1, 0.15) is 5.58 Å². The molecule has 0 radical (unpaired) electrons. The number of carbonyl (C=O) groups is 1. The fourth-order valence-electron chi connectivity index (χ4n) is 3.48. The van der Waals surface area contributed by atoms with Crippen molar-refractivity contribution in [1.29, 1.82) is 0 Å². The van der Waals surface area contributed by atoms with Gasteiger partial charge in [0.2, 0.25) is 0 Å². The highest BCUT2D eigenvalue weighted by Gasteiger charge is 2.13. The molecular formula is C24H16N2O2. The molecule has 134 valence electrons. The number of hydrogen-bond acceptors (Lipinski definition) is 3. The number of benzene rings is 4. The zero-order valence-electron chi connectivity index (χ0n) is 14.9. The van der Waals surface area contributed by atoms with Gasteiger partial charge >= 0.3 is 5.91 Å². The molecule has 1 amide bonds. The van der Waals surface area contributed by atoms with Gasteiger partial charge in [-0.15, -0.1) is 0 Å². The Kier molecular flexibility index (Phi) is 3.87. The largest absolute Gasteiger partial charge is 0.451 e. The third-order valence-corrected chi connectivity index (χ3v) is 4.84. The Hall–Kier alpha value is -3.92. The molecule has 1 N–H and O–H groups in total. The van der Waals surface area contributed by atoms with Gasteiger partial charge in [0.15, 0.2) is 5.76 Å². The Morgan fingerprint density at radius 1 is 0.786 bits per heavy atom. The molecule has 0 unspecified atom stereocenters. The van der Waals surface area contributed by atoms with Crippen molar-refractivity contribution < 1.29 is 9.21 Å². The molecule has 0 bridgehead atoms. The molecule has 0 aliphatic rings. The third kappa shape index (κ3) is 2.81. The fraction of sp³-hybridized carbons (Fsp3) is 0. The van der Waals surface area contributed by atoms with Crippen LogP contribution in [0.3, 0.4) is 0 Å². The van der Waals surface area contributed by atoms with Crippen molar-refractivity contribution in [3.63, 3.8) is 0 Å². The molecule has 1 heterocycles. The summed E-state index contributed by atoms with van der Waals surface area (Å²) in [6.07, 6.45) is 1.65. The molecule has 28 heavy (non-hydrogen) atoms. The summed E-state index contributed by atoms with van der Waals surface area (Å²) in [7, 11) is 0.